The van der Waals surface area contributed by atoms with Gasteiger partial charge in [0, 0.05) is 18.7 Å². The van der Waals surface area contributed by atoms with Gasteiger partial charge in [-0.25, -0.2) is 13.2 Å². The zero-order valence-electron chi connectivity index (χ0n) is 17.6. The minimum absolute atomic E-state index is 0.00344. The Kier molecular flexibility index (Phi) is 6.97. The number of Topliss-reactive ketones (excluding diaryl/α,β-unsaturated/α-hetero) is 1. The largest absolute Gasteiger partial charge is 0.451 e. The first-order chi connectivity index (χ1) is 13.4. The van der Waals surface area contributed by atoms with Gasteiger partial charge in [-0.05, 0) is 70.0 Å². The summed E-state index contributed by atoms with van der Waals surface area (Å²) in [6.07, 6.45) is -0.997. The number of nitrogens with zero attached hydrogens (tertiary/aromatic N) is 1. The van der Waals surface area contributed by atoms with Crippen molar-refractivity contribution in [2.45, 2.75) is 51.7 Å². The van der Waals surface area contributed by atoms with Gasteiger partial charge in [0.1, 0.15) is 0 Å². The van der Waals surface area contributed by atoms with Crippen molar-refractivity contribution < 1.29 is 22.7 Å². The van der Waals surface area contributed by atoms with Crippen molar-refractivity contribution in [1.82, 2.24) is 4.31 Å². The molecule has 0 aromatic heterocycles. The lowest BCUT2D eigenvalue weighted by Gasteiger charge is -2.21. The van der Waals surface area contributed by atoms with Gasteiger partial charge < -0.3 is 4.74 Å². The van der Waals surface area contributed by atoms with Crippen LogP contribution in [0.3, 0.4) is 0 Å². The molecule has 2 rings (SSSR count). The van der Waals surface area contributed by atoms with Gasteiger partial charge in [-0.2, -0.15) is 4.31 Å². The van der Waals surface area contributed by atoms with Gasteiger partial charge in [0.2, 0.25) is 15.8 Å². The minimum Gasteiger partial charge on any atom is -0.451 e. The quantitative estimate of drug-likeness (QED) is 0.506. The molecule has 0 aliphatic heterocycles. The Bertz CT molecular complexity index is 1030. The molecule has 6 nitrogen and oxygen atoms in total. The van der Waals surface area contributed by atoms with Crippen LogP contribution < -0.4 is 0 Å². The van der Waals surface area contributed by atoms with Crippen molar-refractivity contribution in [3.05, 3.63) is 64.7 Å². The molecule has 0 radical (unpaired) electrons. The van der Waals surface area contributed by atoms with E-state index in [0.29, 0.717) is 5.56 Å². The fourth-order valence-corrected chi connectivity index (χ4v) is 4.05. The van der Waals surface area contributed by atoms with E-state index in [1.54, 1.807) is 26.0 Å². The Labute approximate surface area is 172 Å². The Hall–Kier alpha value is -2.51. The highest BCUT2D eigenvalue weighted by molar-refractivity contribution is 7.89. The Morgan fingerprint density at radius 1 is 0.931 bits per heavy atom. The monoisotopic (exact) mass is 417 g/mol. The van der Waals surface area contributed by atoms with E-state index in [1.807, 2.05) is 19.9 Å². The van der Waals surface area contributed by atoms with Crippen LogP contribution in [0.25, 0.3) is 0 Å². The maximum Gasteiger partial charge on any atom is 0.338 e. The van der Waals surface area contributed by atoms with Crippen molar-refractivity contribution in [2.75, 3.05) is 7.05 Å². The topological polar surface area (TPSA) is 80.8 Å². The Balaban J connectivity index is 2.20. The normalized spacial score (nSPS) is 12.8. The van der Waals surface area contributed by atoms with E-state index in [4.69, 9.17) is 4.74 Å². The van der Waals surface area contributed by atoms with Gasteiger partial charge in [-0.15, -0.1) is 0 Å². The number of hydrogen-bond acceptors (Lipinski definition) is 5. The molecule has 1 atom stereocenters. The van der Waals surface area contributed by atoms with Gasteiger partial charge in [0.05, 0.1) is 10.5 Å². The van der Waals surface area contributed by atoms with Crippen LogP contribution in [0.1, 0.15) is 52.6 Å². The number of esters is 1. The van der Waals surface area contributed by atoms with E-state index in [2.05, 4.69) is 0 Å². The summed E-state index contributed by atoms with van der Waals surface area (Å²) in [5.74, 6) is -1.07. The molecule has 156 valence electrons. The van der Waals surface area contributed by atoms with Gasteiger partial charge in [-0.3, -0.25) is 4.79 Å². The Morgan fingerprint density at radius 3 is 2.17 bits per heavy atom. The number of aryl methyl sites for hydroxylation is 2. The minimum atomic E-state index is -3.73. The third kappa shape index (κ3) is 5.10. The first-order valence-electron chi connectivity index (χ1n) is 9.35. The zero-order valence-corrected chi connectivity index (χ0v) is 18.4. The lowest BCUT2D eigenvalue weighted by Crippen LogP contribution is -2.33. The second-order valence-corrected chi connectivity index (χ2v) is 9.35. The Morgan fingerprint density at radius 2 is 1.59 bits per heavy atom. The molecule has 0 amide bonds. The summed E-state index contributed by atoms with van der Waals surface area (Å²) in [5.41, 5.74) is 2.57. The lowest BCUT2D eigenvalue weighted by molar-refractivity contribution is 0.0318. The number of rotatable bonds is 7. The van der Waals surface area contributed by atoms with E-state index in [-0.39, 0.29) is 22.3 Å². The fourth-order valence-electron chi connectivity index (χ4n) is 2.64. The third-order valence-corrected chi connectivity index (χ3v) is 6.95. The summed E-state index contributed by atoms with van der Waals surface area (Å²) in [4.78, 5) is 25.1. The predicted molar refractivity (Wildman–Crippen MR) is 112 cm³/mol. The summed E-state index contributed by atoms with van der Waals surface area (Å²) >= 11 is 0. The van der Waals surface area contributed by atoms with E-state index in [9.17, 15) is 18.0 Å². The first kappa shape index (κ1) is 22.8. The van der Waals surface area contributed by atoms with Crippen LogP contribution in [0, 0.1) is 13.8 Å². The standard InChI is InChI=1S/C22H27NO5S/c1-14(2)23(6)29(26,27)20-9-7-8-19(13-20)22(25)28-17(5)21(24)18-11-10-15(3)16(4)12-18/h7-14,17H,1-6H3/t17-/m0/s1. The van der Waals surface area contributed by atoms with Crippen LogP contribution in [0.15, 0.2) is 47.4 Å². The van der Waals surface area contributed by atoms with Crippen molar-refractivity contribution >= 4 is 21.8 Å². The summed E-state index contributed by atoms with van der Waals surface area (Å²) in [6, 6.07) is 10.7. The molecule has 0 bridgehead atoms. The van der Waals surface area contributed by atoms with Crippen LogP contribution in [0.2, 0.25) is 0 Å². The second kappa shape index (κ2) is 8.88. The molecular weight excluding hydrogens is 390 g/mol. The fraction of sp³-hybridized carbons (Fsp3) is 0.364. The molecule has 2 aromatic rings. The number of sulfonamides is 1. The highest BCUT2D eigenvalue weighted by Crippen LogP contribution is 2.19. The third-order valence-electron chi connectivity index (χ3n) is 4.92. The van der Waals surface area contributed by atoms with Crippen LogP contribution in [-0.2, 0) is 14.8 Å². The molecular formula is C22H27NO5S. The average molecular weight is 418 g/mol. The van der Waals surface area contributed by atoms with Crippen molar-refractivity contribution in [1.29, 1.82) is 0 Å². The number of ether oxygens (including phenoxy) is 1. The number of benzene rings is 2. The number of carbonyl (C=O) groups excluding carboxylic acids is 2. The van der Waals surface area contributed by atoms with Crippen LogP contribution in [0.5, 0.6) is 0 Å². The van der Waals surface area contributed by atoms with Gasteiger partial charge >= 0.3 is 5.97 Å². The molecule has 29 heavy (non-hydrogen) atoms. The molecule has 0 heterocycles. The van der Waals surface area contributed by atoms with Crippen molar-refractivity contribution in [3.63, 3.8) is 0 Å². The summed E-state index contributed by atoms with van der Waals surface area (Å²) in [6.45, 7) is 8.88. The average Bonchev–Trinajstić information content (AvgIpc) is 2.68. The van der Waals surface area contributed by atoms with E-state index < -0.39 is 22.1 Å². The van der Waals surface area contributed by atoms with Gasteiger partial charge in [-0.1, -0.05) is 18.2 Å². The van der Waals surface area contributed by atoms with Crippen LogP contribution in [0.4, 0.5) is 0 Å². The molecule has 0 aliphatic carbocycles. The molecule has 7 heteroatoms. The first-order valence-corrected chi connectivity index (χ1v) is 10.8. The van der Waals surface area contributed by atoms with E-state index >= 15 is 0 Å². The maximum absolute atomic E-state index is 12.6. The highest BCUT2D eigenvalue weighted by atomic mass is 32.2. The molecule has 0 spiro atoms. The molecule has 0 saturated heterocycles. The number of carbonyl (C=O) groups is 2. The second-order valence-electron chi connectivity index (χ2n) is 7.35. The summed E-state index contributed by atoms with van der Waals surface area (Å²) < 4.78 is 31.8. The maximum atomic E-state index is 12.6. The molecule has 0 saturated carbocycles. The number of hydrogen-bond donors (Lipinski definition) is 0. The molecule has 0 N–H and O–H groups in total. The summed E-state index contributed by atoms with van der Waals surface area (Å²) in [5, 5.41) is 0. The molecule has 0 fully saturated rings. The number of ketones is 1. The molecule has 2 aromatic carbocycles. The van der Waals surface area contributed by atoms with Crippen LogP contribution in [-0.4, -0.2) is 43.7 Å². The van der Waals surface area contributed by atoms with Gasteiger partial charge in [0.25, 0.3) is 0 Å². The smallest absolute Gasteiger partial charge is 0.338 e. The highest BCUT2D eigenvalue weighted by Gasteiger charge is 2.25. The van der Waals surface area contributed by atoms with Crippen molar-refractivity contribution in [2.24, 2.45) is 0 Å². The van der Waals surface area contributed by atoms with Gasteiger partial charge in [0.15, 0.2) is 6.10 Å². The SMILES string of the molecule is Cc1ccc(C(=O)[C@H](C)OC(=O)c2cccc(S(=O)(=O)N(C)C(C)C)c2)cc1C. The molecule has 0 aliphatic rings. The zero-order chi connectivity index (χ0) is 21.9. The summed E-state index contributed by atoms with van der Waals surface area (Å²) in [7, 11) is -2.25. The van der Waals surface area contributed by atoms with E-state index in [1.165, 1.54) is 42.5 Å². The van der Waals surface area contributed by atoms with E-state index in [0.717, 1.165) is 11.1 Å². The molecule has 0 unspecified atom stereocenters. The van der Waals surface area contributed by atoms with Crippen LogP contribution >= 0.6 is 0 Å². The lowest BCUT2D eigenvalue weighted by atomic mass is 10.0. The van der Waals surface area contributed by atoms with Crippen molar-refractivity contribution in [3.8, 4) is 0 Å². The predicted octanol–water partition coefficient (Wildman–Crippen LogP) is 3.76.